The Labute approximate surface area is 114 Å². The number of esters is 2. The van der Waals surface area contributed by atoms with Gasteiger partial charge in [-0.1, -0.05) is 12.1 Å². The lowest BCUT2D eigenvalue weighted by atomic mass is 10.2. The van der Waals surface area contributed by atoms with E-state index in [1.54, 1.807) is 12.1 Å². The molecule has 0 bridgehead atoms. The summed E-state index contributed by atoms with van der Waals surface area (Å²) in [4.78, 5) is 36.6. The first-order valence-corrected chi connectivity index (χ1v) is 5.72. The molecule has 108 valence electrons. The number of rotatable bonds is 7. The zero-order chi connectivity index (χ0) is 15.0. The van der Waals surface area contributed by atoms with E-state index in [9.17, 15) is 19.7 Å². The number of benzene rings is 1. The number of ether oxygens (including phenoxy) is 2. The number of hydrogen-bond acceptors (Lipinski definition) is 7. The number of nitrogens with zero attached hydrogens (tertiary/aromatic N) is 1. The monoisotopic (exact) mass is 283 g/mol. The summed E-state index contributed by atoms with van der Waals surface area (Å²) >= 11 is 0. The van der Waals surface area contributed by atoms with Gasteiger partial charge in [-0.25, -0.2) is 4.79 Å². The van der Waals surface area contributed by atoms with Crippen LogP contribution in [0.4, 0.5) is 0 Å². The summed E-state index contributed by atoms with van der Waals surface area (Å²) in [5, 5.41) is 8.97. The molecule has 0 aliphatic heterocycles. The summed E-state index contributed by atoms with van der Waals surface area (Å²) in [6, 6.07) is 6.13. The number of para-hydroxylation sites is 1. The Kier molecular flexibility index (Phi) is 5.95. The van der Waals surface area contributed by atoms with Crippen LogP contribution in [0.25, 0.3) is 0 Å². The first-order valence-electron chi connectivity index (χ1n) is 5.72. The number of hydrogen-bond donors (Lipinski definition) is 0. The van der Waals surface area contributed by atoms with Crippen molar-refractivity contribution < 1.29 is 29.0 Å². The van der Waals surface area contributed by atoms with E-state index in [1.807, 2.05) is 0 Å². The molecule has 0 atom stereocenters. The SMILES string of the molecule is CC(=O)Oc1ccccc1C(=O)OCCCO[N+](=O)[O-]. The van der Waals surface area contributed by atoms with E-state index in [0.29, 0.717) is 0 Å². The molecule has 0 amide bonds. The maximum atomic E-state index is 11.8. The summed E-state index contributed by atoms with van der Waals surface area (Å²) in [7, 11) is 0. The fourth-order valence-corrected chi connectivity index (χ4v) is 1.32. The van der Waals surface area contributed by atoms with E-state index in [-0.39, 0.29) is 30.9 Å². The minimum Gasteiger partial charge on any atom is -0.462 e. The second-order valence-electron chi connectivity index (χ2n) is 3.64. The van der Waals surface area contributed by atoms with E-state index in [2.05, 4.69) is 4.84 Å². The zero-order valence-corrected chi connectivity index (χ0v) is 10.7. The van der Waals surface area contributed by atoms with Crippen LogP contribution in [-0.4, -0.2) is 30.2 Å². The van der Waals surface area contributed by atoms with Crippen molar-refractivity contribution in [1.82, 2.24) is 0 Å². The fourth-order valence-electron chi connectivity index (χ4n) is 1.32. The molecule has 0 aromatic heterocycles. The zero-order valence-electron chi connectivity index (χ0n) is 10.7. The third-order valence-electron chi connectivity index (χ3n) is 2.08. The highest BCUT2D eigenvalue weighted by atomic mass is 16.9. The maximum absolute atomic E-state index is 11.8. The summed E-state index contributed by atoms with van der Waals surface area (Å²) < 4.78 is 9.77. The molecule has 1 rings (SSSR count). The van der Waals surface area contributed by atoms with Crippen molar-refractivity contribution in [3.8, 4) is 5.75 Å². The lowest BCUT2D eigenvalue weighted by Crippen LogP contribution is -2.12. The van der Waals surface area contributed by atoms with E-state index in [1.165, 1.54) is 19.1 Å². The van der Waals surface area contributed by atoms with Crippen LogP contribution in [0.5, 0.6) is 5.75 Å². The minimum atomic E-state index is -0.919. The Hall–Kier alpha value is -2.64. The van der Waals surface area contributed by atoms with Gasteiger partial charge < -0.3 is 14.3 Å². The highest BCUT2D eigenvalue weighted by Gasteiger charge is 2.14. The van der Waals surface area contributed by atoms with Crippen LogP contribution >= 0.6 is 0 Å². The molecule has 0 spiro atoms. The van der Waals surface area contributed by atoms with Crippen molar-refractivity contribution in [3.05, 3.63) is 39.9 Å². The average molecular weight is 283 g/mol. The van der Waals surface area contributed by atoms with E-state index < -0.39 is 17.0 Å². The minimum absolute atomic E-state index is 0.0406. The molecule has 0 saturated carbocycles. The van der Waals surface area contributed by atoms with Crippen molar-refractivity contribution in [2.24, 2.45) is 0 Å². The highest BCUT2D eigenvalue weighted by molar-refractivity contribution is 5.93. The van der Waals surface area contributed by atoms with Gasteiger partial charge in [-0.15, -0.1) is 10.1 Å². The van der Waals surface area contributed by atoms with Gasteiger partial charge in [0.05, 0.1) is 13.2 Å². The fraction of sp³-hybridized carbons (Fsp3) is 0.333. The van der Waals surface area contributed by atoms with Crippen molar-refractivity contribution in [1.29, 1.82) is 0 Å². The van der Waals surface area contributed by atoms with Gasteiger partial charge in [0, 0.05) is 13.3 Å². The normalized spacial score (nSPS) is 9.65. The number of carbonyl (C=O) groups is 2. The average Bonchev–Trinajstić information content (AvgIpc) is 2.37. The molecular formula is C12H13NO7. The van der Waals surface area contributed by atoms with E-state index in [0.717, 1.165) is 0 Å². The molecule has 0 N–H and O–H groups in total. The van der Waals surface area contributed by atoms with Crippen molar-refractivity contribution in [2.75, 3.05) is 13.2 Å². The molecular weight excluding hydrogens is 270 g/mol. The first-order chi connectivity index (χ1) is 9.50. The third-order valence-corrected chi connectivity index (χ3v) is 2.08. The van der Waals surface area contributed by atoms with Gasteiger partial charge in [0.15, 0.2) is 0 Å². The molecule has 8 heteroatoms. The molecule has 8 nitrogen and oxygen atoms in total. The molecule has 0 aliphatic carbocycles. The van der Waals surface area contributed by atoms with Crippen LogP contribution in [0.15, 0.2) is 24.3 Å². The predicted molar refractivity (Wildman–Crippen MR) is 65.6 cm³/mol. The van der Waals surface area contributed by atoms with Gasteiger partial charge in [-0.3, -0.25) is 4.79 Å². The van der Waals surface area contributed by atoms with Gasteiger partial charge in [0.2, 0.25) is 0 Å². The van der Waals surface area contributed by atoms with Gasteiger partial charge in [0.25, 0.3) is 5.09 Å². The maximum Gasteiger partial charge on any atom is 0.341 e. The molecule has 0 aliphatic rings. The van der Waals surface area contributed by atoms with Crippen molar-refractivity contribution in [3.63, 3.8) is 0 Å². The quantitative estimate of drug-likeness (QED) is 0.244. The Balaban J connectivity index is 2.50. The van der Waals surface area contributed by atoms with E-state index >= 15 is 0 Å². The van der Waals surface area contributed by atoms with Crippen molar-refractivity contribution in [2.45, 2.75) is 13.3 Å². The molecule has 1 aromatic carbocycles. The Morgan fingerprint density at radius 3 is 2.60 bits per heavy atom. The van der Waals surface area contributed by atoms with Crippen LogP contribution in [0.2, 0.25) is 0 Å². The Bertz CT molecular complexity index is 500. The van der Waals surface area contributed by atoms with Crippen LogP contribution in [-0.2, 0) is 14.4 Å². The molecule has 0 radical (unpaired) electrons. The molecule has 1 aromatic rings. The Morgan fingerprint density at radius 1 is 1.25 bits per heavy atom. The van der Waals surface area contributed by atoms with Crippen LogP contribution in [0, 0.1) is 10.1 Å². The Morgan fingerprint density at radius 2 is 1.95 bits per heavy atom. The van der Waals surface area contributed by atoms with Gasteiger partial charge in [0.1, 0.15) is 11.3 Å². The lowest BCUT2D eigenvalue weighted by Gasteiger charge is -2.08. The summed E-state index contributed by atoms with van der Waals surface area (Å²) in [6.07, 6.45) is 0.183. The second-order valence-corrected chi connectivity index (χ2v) is 3.64. The largest absolute Gasteiger partial charge is 0.462 e. The van der Waals surface area contributed by atoms with E-state index in [4.69, 9.17) is 9.47 Å². The van der Waals surface area contributed by atoms with Gasteiger partial charge in [-0.2, -0.15) is 0 Å². The van der Waals surface area contributed by atoms with Gasteiger partial charge in [-0.05, 0) is 12.1 Å². The lowest BCUT2D eigenvalue weighted by molar-refractivity contribution is -0.757. The van der Waals surface area contributed by atoms with Crippen molar-refractivity contribution >= 4 is 11.9 Å². The highest BCUT2D eigenvalue weighted by Crippen LogP contribution is 2.19. The van der Waals surface area contributed by atoms with Gasteiger partial charge >= 0.3 is 11.9 Å². The predicted octanol–water partition coefficient (Wildman–Crippen LogP) is 1.37. The number of carbonyl (C=O) groups excluding carboxylic acids is 2. The molecule has 0 fully saturated rings. The topological polar surface area (TPSA) is 105 Å². The summed E-state index contributed by atoms with van der Waals surface area (Å²) in [6.45, 7) is 1.02. The van der Waals surface area contributed by atoms with Crippen LogP contribution in [0.1, 0.15) is 23.7 Å². The molecule has 0 unspecified atom stereocenters. The molecule has 0 saturated heterocycles. The summed E-state index contributed by atoms with van der Waals surface area (Å²) in [5.74, 6) is -1.13. The third kappa shape index (κ3) is 5.34. The first kappa shape index (κ1) is 15.4. The summed E-state index contributed by atoms with van der Waals surface area (Å²) in [5.41, 5.74) is 0.109. The standard InChI is InChI=1S/C12H13NO7/c1-9(14)20-11-6-3-2-5-10(11)12(15)18-7-4-8-19-13(16)17/h2-3,5-6H,4,7-8H2,1H3. The smallest absolute Gasteiger partial charge is 0.341 e. The van der Waals surface area contributed by atoms with Crippen LogP contribution in [0.3, 0.4) is 0 Å². The molecule has 20 heavy (non-hydrogen) atoms. The molecule has 0 heterocycles. The second kappa shape index (κ2) is 7.72. The van der Waals surface area contributed by atoms with Crippen LogP contribution < -0.4 is 4.74 Å².